The molecule has 0 aromatic heterocycles. The average molecular weight is 526 g/mol. The third-order valence-corrected chi connectivity index (χ3v) is 8.36. The summed E-state index contributed by atoms with van der Waals surface area (Å²) in [4.78, 5) is 27.3. The van der Waals surface area contributed by atoms with Gasteiger partial charge in [0.1, 0.15) is 0 Å². The number of rotatable bonds is 10. The number of benzene rings is 2. The van der Waals surface area contributed by atoms with Crippen molar-refractivity contribution >= 4 is 33.7 Å². The molecule has 2 aromatic rings. The monoisotopic (exact) mass is 525 g/mol. The van der Waals surface area contributed by atoms with E-state index in [0.717, 1.165) is 44.5 Å². The molecule has 0 bridgehead atoms. The van der Waals surface area contributed by atoms with Crippen molar-refractivity contribution in [2.45, 2.75) is 56.3 Å². The maximum atomic E-state index is 13.1. The second-order valence-corrected chi connectivity index (χ2v) is 11.3. The van der Waals surface area contributed by atoms with E-state index in [1.807, 2.05) is 6.07 Å². The summed E-state index contributed by atoms with van der Waals surface area (Å²) in [5.74, 6) is -1.49. The number of piperidine rings is 1. The first-order valence-corrected chi connectivity index (χ1v) is 14.5. The van der Waals surface area contributed by atoms with E-state index in [0.29, 0.717) is 30.5 Å². The van der Waals surface area contributed by atoms with Crippen LogP contribution in [-0.4, -0.2) is 56.5 Å². The van der Waals surface area contributed by atoms with Crippen LogP contribution < -0.4 is 10.0 Å². The summed E-state index contributed by atoms with van der Waals surface area (Å²) in [6.07, 6.45) is 10.5. The normalized spacial score (nSPS) is 16.3. The quantitative estimate of drug-likeness (QED) is 0.318. The lowest BCUT2D eigenvalue weighted by Gasteiger charge is -2.26. The number of sulfonamides is 1. The number of nitrogens with zero attached hydrogens (tertiary/aromatic N) is 1. The Hall–Kier alpha value is -3.17. The molecule has 37 heavy (non-hydrogen) atoms. The molecule has 2 aromatic carbocycles. The molecule has 198 valence electrons. The van der Waals surface area contributed by atoms with Crippen LogP contribution in [0.4, 0.5) is 5.69 Å². The maximum absolute atomic E-state index is 13.1. The Morgan fingerprint density at radius 1 is 1.00 bits per heavy atom. The fourth-order valence-electron chi connectivity index (χ4n) is 5.12. The van der Waals surface area contributed by atoms with Gasteiger partial charge in [-0.1, -0.05) is 24.6 Å². The predicted molar refractivity (Wildman–Crippen MR) is 144 cm³/mol. The molecule has 1 aliphatic heterocycles. The number of nitrogens with one attached hydrogen (secondary N) is 2. The van der Waals surface area contributed by atoms with Crippen LogP contribution in [0.25, 0.3) is 6.08 Å². The Morgan fingerprint density at radius 3 is 2.46 bits per heavy atom. The molecule has 1 heterocycles. The van der Waals surface area contributed by atoms with Crippen molar-refractivity contribution in [2.24, 2.45) is 0 Å². The SMILES string of the molecule is O=C(/C=C/c1cc2c(c(C(=O)O)c1NS(=O)(=O)c1ccccc1)CCCC2)NCCCN1CCCCC1. The molecule has 0 atom stereocenters. The summed E-state index contributed by atoms with van der Waals surface area (Å²) < 4.78 is 28.8. The molecule has 8 nitrogen and oxygen atoms in total. The van der Waals surface area contributed by atoms with Gasteiger partial charge < -0.3 is 15.3 Å². The number of likely N-dealkylation sites (tertiary alicyclic amines) is 1. The van der Waals surface area contributed by atoms with Crippen molar-refractivity contribution in [3.05, 3.63) is 64.7 Å². The Kier molecular flexibility index (Phi) is 9.00. The van der Waals surface area contributed by atoms with Gasteiger partial charge in [0.25, 0.3) is 10.0 Å². The number of carbonyl (C=O) groups excluding carboxylic acids is 1. The molecule has 1 saturated heterocycles. The first-order chi connectivity index (χ1) is 17.8. The Bertz CT molecular complexity index is 1250. The summed E-state index contributed by atoms with van der Waals surface area (Å²) >= 11 is 0. The molecular formula is C28H35N3O5S. The molecule has 2 aliphatic rings. The van der Waals surface area contributed by atoms with Crippen molar-refractivity contribution in [3.8, 4) is 0 Å². The minimum atomic E-state index is -4.04. The average Bonchev–Trinajstić information content (AvgIpc) is 2.90. The standard InChI is InChI=1S/C28H35N3O5S/c32-25(29-16-9-19-31-17-7-2-8-18-31)15-14-22-20-21-10-5-6-13-24(21)26(28(33)34)27(22)30-37(35,36)23-11-3-1-4-12-23/h1,3-4,11-12,14-15,20,30H,2,5-10,13,16-19H2,(H,29,32)(H,33,34)/b15-14+. The summed E-state index contributed by atoms with van der Waals surface area (Å²) in [7, 11) is -4.04. The van der Waals surface area contributed by atoms with Crippen LogP contribution in [-0.2, 0) is 27.7 Å². The molecule has 9 heteroatoms. The summed E-state index contributed by atoms with van der Waals surface area (Å²) in [5.41, 5.74) is 1.85. The lowest BCUT2D eigenvalue weighted by molar-refractivity contribution is -0.116. The van der Waals surface area contributed by atoms with Crippen LogP contribution in [0, 0.1) is 0 Å². The molecule has 4 rings (SSSR count). The van der Waals surface area contributed by atoms with E-state index in [4.69, 9.17) is 0 Å². The number of hydrogen-bond acceptors (Lipinski definition) is 5. The molecule has 3 N–H and O–H groups in total. The van der Waals surface area contributed by atoms with Gasteiger partial charge >= 0.3 is 5.97 Å². The number of aromatic carboxylic acids is 1. The van der Waals surface area contributed by atoms with Gasteiger partial charge in [-0.15, -0.1) is 0 Å². The van der Waals surface area contributed by atoms with Gasteiger partial charge in [-0.3, -0.25) is 9.52 Å². The van der Waals surface area contributed by atoms with Gasteiger partial charge in [0.05, 0.1) is 16.1 Å². The molecule has 1 aliphatic carbocycles. The molecule has 0 saturated carbocycles. The van der Waals surface area contributed by atoms with Gasteiger partial charge in [0, 0.05) is 12.6 Å². The zero-order chi connectivity index (χ0) is 26.3. The smallest absolute Gasteiger partial charge is 0.338 e. The summed E-state index contributed by atoms with van der Waals surface area (Å²) in [6, 6.07) is 9.64. The largest absolute Gasteiger partial charge is 0.478 e. The third-order valence-electron chi connectivity index (χ3n) is 7.00. The van der Waals surface area contributed by atoms with Crippen LogP contribution in [0.1, 0.15) is 65.6 Å². The Morgan fingerprint density at radius 2 is 1.73 bits per heavy atom. The predicted octanol–water partition coefficient (Wildman–Crippen LogP) is 4.07. The van der Waals surface area contributed by atoms with Crippen LogP contribution in [0.5, 0.6) is 0 Å². The first kappa shape index (κ1) is 26.9. The molecule has 1 amide bonds. The van der Waals surface area contributed by atoms with E-state index in [1.165, 1.54) is 43.5 Å². The van der Waals surface area contributed by atoms with E-state index in [-0.39, 0.29) is 22.1 Å². The zero-order valence-corrected chi connectivity index (χ0v) is 21.9. The fourth-order valence-corrected chi connectivity index (χ4v) is 6.24. The topological polar surface area (TPSA) is 116 Å². The number of fused-ring (bicyclic) bond motifs is 1. The minimum Gasteiger partial charge on any atom is -0.478 e. The van der Waals surface area contributed by atoms with Crippen LogP contribution in [0.2, 0.25) is 0 Å². The lowest BCUT2D eigenvalue weighted by Crippen LogP contribution is -2.33. The van der Waals surface area contributed by atoms with E-state index < -0.39 is 16.0 Å². The highest BCUT2D eigenvalue weighted by molar-refractivity contribution is 7.92. The highest BCUT2D eigenvalue weighted by Crippen LogP contribution is 2.35. The second kappa shape index (κ2) is 12.4. The van der Waals surface area contributed by atoms with Crippen molar-refractivity contribution in [1.29, 1.82) is 0 Å². The van der Waals surface area contributed by atoms with E-state index in [2.05, 4.69) is 14.9 Å². The summed E-state index contributed by atoms with van der Waals surface area (Å²) in [5, 5.41) is 13.0. The fraction of sp³-hybridized carbons (Fsp3) is 0.429. The minimum absolute atomic E-state index is 0.00819. The van der Waals surface area contributed by atoms with Crippen molar-refractivity contribution in [3.63, 3.8) is 0 Å². The third kappa shape index (κ3) is 6.99. The van der Waals surface area contributed by atoms with Crippen molar-refractivity contribution < 1.29 is 23.1 Å². The number of carboxylic acids is 1. The second-order valence-electron chi connectivity index (χ2n) is 9.66. The molecule has 1 fully saturated rings. The van der Waals surface area contributed by atoms with E-state index in [9.17, 15) is 23.1 Å². The van der Waals surface area contributed by atoms with Gasteiger partial charge in [0.2, 0.25) is 5.91 Å². The zero-order valence-electron chi connectivity index (χ0n) is 21.0. The van der Waals surface area contributed by atoms with Crippen LogP contribution in [0.15, 0.2) is 47.4 Å². The molecule has 0 unspecified atom stereocenters. The maximum Gasteiger partial charge on any atom is 0.338 e. The van der Waals surface area contributed by atoms with Crippen LogP contribution >= 0.6 is 0 Å². The van der Waals surface area contributed by atoms with Gasteiger partial charge in [-0.2, -0.15) is 0 Å². The summed E-state index contributed by atoms with van der Waals surface area (Å²) in [6.45, 7) is 3.71. The number of carboxylic acid groups (broad SMARTS) is 1. The highest BCUT2D eigenvalue weighted by Gasteiger charge is 2.27. The van der Waals surface area contributed by atoms with Crippen LogP contribution in [0.3, 0.4) is 0 Å². The van der Waals surface area contributed by atoms with Gasteiger partial charge in [0.15, 0.2) is 0 Å². The van der Waals surface area contributed by atoms with Crippen molar-refractivity contribution in [1.82, 2.24) is 10.2 Å². The molecular weight excluding hydrogens is 490 g/mol. The first-order valence-electron chi connectivity index (χ1n) is 13.0. The highest BCUT2D eigenvalue weighted by atomic mass is 32.2. The number of carbonyl (C=O) groups is 2. The molecule has 0 spiro atoms. The number of hydrogen-bond donors (Lipinski definition) is 3. The van der Waals surface area contributed by atoms with Gasteiger partial charge in [-0.25, -0.2) is 13.2 Å². The van der Waals surface area contributed by atoms with E-state index >= 15 is 0 Å². The van der Waals surface area contributed by atoms with Gasteiger partial charge in [-0.05, 0) is 106 Å². The Labute approximate surface area is 218 Å². The Balaban J connectivity index is 1.56. The van der Waals surface area contributed by atoms with Crippen molar-refractivity contribution in [2.75, 3.05) is 30.9 Å². The number of amides is 1. The number of aryl methyl sites for hydroxylation is 1. The molecule has 0 radical (unpaired) electrons. The number of anilines is 1. The van der Waals surface area contributed by atoms with E-state index in [1.54, 1.807) is 18.2 Å². The lowest BCUT2D eigenvalue weighted by atomic mass is 9.85.